The molecule has 0 radical (unpaired) electrons. The molecule has 0 bridgehead atoms. The maximum Gasteiger partial charge on any atom is 0.254 e. The van der Waals surface area contributed by atoms with Crippen molar-refractivity contribution in [2.45, 2.75) is 31.2 Å². The highest BCUT2D eigenvalue weighted by Gasteiger charge is 2.33. The molecule has 8 heteroatoms. The number of pyridine rings is 1. The number of likely N-dealkylation sites (tertiary alicyclic amines) is 1. The molecule has 29 heavy (non-hydrogen) atoms. The molecule has 3 aliphatic rings. The number of rotatable bonds is 3. The van der Waals surface area contributed by atoms with Crippen LogP contribution in [0.1, 0.15) is 41.2 Å². The minimum atomic E-state index is -0.322. The number of halogens is 3. The first-order chi connectivity index (χ1) is 13.2. The number of nitrogens with zero attached hydrogens (tertiary/aromatic N) is 3. The third-order valence-corrected chi connectivity index (χ3v) is 6.14. The van der Waals surface area contributed by atoms with Crippen LogP contribution in [-0.2, 0) is 0 Å². The second kappa shape index (κ2) is 9.13. The maximum atomic E-state index is 13.9. The lowest BCUT2D eigenvalue weighted by Gasteiger charge is -2.32. The summed E-state index contributed by atoms with van der Waals surface area (Å²) in [5.74, 6) is 0.156. The maximum absolute atomic E-state index is 13.9. The monoisotopic (exact) mass is 440 g/mol. The Labute approximate surface area is 182 Å². The van der Waals surface area contributed by atoms with Crippen LogP contribution in [-0.4, -0.2) is 66.0 Å². The van der Waals surface area contributed by atoms with Crippen LogP contribution in [0, 0.1) is 5.82 Å². The Morgan fingerprint density at radius 2 is 1.83 bits per heavy atom. The number of aromatic nitrogens is 1. The van der Waals surface area contributed by atoms with Crippen molar-refractivity contribution in [3.63, 3.8) is 0 Å². The van der Waals surface area contributed by atoms with Gasteiger partial charge in [-0.05, 0) is 43.5 Å². The molecular weight excluding hydrogens is 414 g/mol. The van der Waals surface area contributed by atoms with Gasteiger partial charge in [-0.3, -0.25) is 14.7 Å². The molecule has 158 valence electrons. The zero-order chi connectivity index (χ0) is 18.4. The molecule has 5 rings (SSSR count). The molecule has 1 aromatic carbocycles. The van der Waals surface area contributed by atoms with Gasteiger partial charge >= 0.3 is 0 Å². The number of piperazine rings is 1. The van der Waals surface area contributed by atoms with Gasteiger partial charge in [0.15, 0.2) is 0 Å². The van der Waals surface area contributed by atoms with Gasteiger partial charge in [-0.2, -0.15) is 0 Å². The van der Waals surface area contributed by atoms with E-state index in [0.29, 0.717) is 22.9 Å². The normalized spacial score (nSPS) is 22.2. The number of hydrogen-bond donors (Lipinski definition) is 1. The van der Waals surface area contributed by atoms with Gasteiger partial charge in [0.2, 0.25) is 0 Å². The lowest BCUT2D eigenvalue weighted by Crippen LogP contribution is -2.49. The van der Waals surface area contributed by atoms with E-state index in [1.54, 1.807) is 6.07 Å². The Kier molecular flexibility index (Phi) is 6.99. The number of hydrogen-bond acceptors (Lipinski definition) is 4. The topological polar surface area (TPSA) is 48.5 Å². The van der Waals surface area contributed by atoms with Crippen molar-refractivity contribution in [3.8, 4) is 0 Å². The van der Waals surface area contributed by atoms with Crippen molar-refractivity contribution < 1.29 is 9.18 Å². The second-order valence-electron chi connectivity index (χ2n) is 8.01. The average molecular weight is 441 g/mol. The van der Waals surface area contributed by atoms with E-state index in [0.717, 1.165) is 69.7 Å². The number of nitrogens with one attached hydrogen (secondary N) is 1. The molecule has 1 atom stereocenters. The molecule has 1 N–H and O–H groups in total. The van der Waals surface area contributed by atoms with Crippen molar-refractivity contribution >= 4 is 41.6 Å². The zero-order valence-corrected chi connectivity index (χ0v) is 17.9. The van der Waals surface area contributed by atoms with E-state index >= 15 is 0 Å². The number of benzene rings is 1. The van der Waals surface area contributed by atoms with Gasteiger partial charge in [0, 0.05) is 62.3 Å². The van der Waals surface area contributed by atoms with Crippen LogP contribution < -0.4 is 5.32 Å². The minimum Gasteiger partial charge on any atom is -0.337 e. The predicted octanol–water partition coefficient (Wildman–Crippen LogP) is 3.21. The molecule has 1 amide bonds. The Balaban J connectivity index is 0.00000120. The van der Waals surface area contributed by atoms with E-state index in [-0.39, 0.29) is 36.5 Å². The van der Waals surface area contributed by atoms with Crippen molar-refractivity contribution in [1.29, 1.82) is 0 Å². The van der Waals surface area contributed by atoms with Gasteiger partial charge in [0.1, 0.15) is 5.82 Å². The highest BCUT2D eigenvalue weighted by Crippen LogP contribution is 2.40. The van der Waals surface area contributed by atoms with Gasteiger partial charge in [-0.1, -0.05) is 0 Å². The molecule has 2 aliphatic heterocycles. The molecule has 1 unspecified atom stereocenters. The lowest BCUT2D eigenvalue weighted by molar-refractivity contribution is 0.0775. The van der Waals surface area contributed by atoms with Crippen LogP contribution in [0.4, 0.5) is 4.39 Å². The fourth-order valence-corrected chi connectivity index (χ4v) is 4.43. The minimum absolute atomic E-state index is 0. The number of carbonyl (C=O) groups is 1. The summed E-state index contributed by atoms with van der Waals surface area (Å²) in [6.45, 7) is 5.65. The standard InChI is InChI=1S/C21H25FN4O.2ClH/c22-15-3-4-19-17(11-15)18(12-20(24-19)14-1-2-14)21(27)26-8-5-16(13-26)25-9-6-23-7-10-25;;/h3-4,11-12,14,16,23H,1-2,5-10,13H2;2*1H. The predicted molar refractivity (Wildman–Crippen MR) is 117 cm³/mol. The van der Waals surface area contributed by atoms with E-state index in [9.17, 15) is 9.18 Å². The SMILES string of the molecule is Cl.Cl.O=C(c1cc(C2CC2)nc2ccc(F)cc12)N1CCC(N2CCNCC2)C1. The molecule has 2 aromatic rings. The van der Waals surface area contributed by atoms with E-state index in [1.165, 1.54) is 12.1 Å². The summed E-state index contributed by atoms with van der Waals surface area (Å²) in [6, 6.07) is 6.93. The molecule has 3 fully saturated rings. The summed E-state index contributed by atoms with van der Waals surface area (Å²) in [6.07, 6.45) is 3.27. The first-order valence-corrected chi connectivity index (χ1v) is 10.0. The van der Waals surface area contributed by atoms with E-state index < -0.39 is 0 Å². The van der Waals surface area contributed by atoms with E-state index in [2.05, 4.69) is 15.2 Å². The summed E-state index contributed by atoms with van der Waals surface area (Å²) < 4.78 is 13.9. The third kappa shape index (κ3) is 4.50. The summed E-state index contributed by atoms with van der Waals surface area (Å²) in [5.41, 5.74) is 2.32. The summed E-state index contributed by atoms with van der Waals surface area (Å²) in [4.78, 5) is 22.5. The van der Waals surface area contributed by atoms with Crippen LogP contribution in [0.2, 0.25) is 0 Å². The summed E-state index contributed by atoms with van der Waals surface area (Å²) >= 11 is 0. The van der Waals surface area contributed by atoms with Crippen molar-refractivity contribution in [2.24, 2.45) is 0 Å². The average Bonchev–Trinajstić information content (AvgIpc) is 3.44. The number of fused-ring (bicyclic) bond motifs is 1. The van der Waals surface area contributed by atoms with Gasteiger partial charge in [0.25, 0.3) is 5.91 Å². The van der Waals surface area contributed by atoms with Crippen LogP contribution in [0.5, 0.6) is 0 Å². The Morgan fingerprint density at radius 1 is 1.07 bits per heavy atom. The second-order valence-corrected chi connectivity index (χ2v) is 8.01. The van der Waals surface area contributed by atoms with Crippen LogP contribution in [0.15, 0.2) is 24.3 Å². The van der Waals surface area contributed by atoms with Crippen LogP contribution in [0.3, 0.4) is 0 Å². The molecule has 5 nitrogen and oxygen atoms in total. The number of carbonyl (C=O) groups excluding carboxylic acids is 1. The van der Waals surface area contributed by atoms with Gasteiger partial charge in [-0.15, -0.1) is 24.8 Å². The molecule has 1 aromatic heterocycles. The van der Waals surface area contributed by atoms with Crippen molar-refractivity contribution in [2.75, 3.05) is 39.3 Å². The summed E-state index contributed by atoms with van der Waals surface area (Å²) in [5, 5.41) is 4.02. The fourth-order valence-electron chi connectivity index (χ4n) is 4.43. The Bertz CT molecular complexity index is 886. The largest absolute Gasteiger partial charge is 0.337 e. The lowest BCUT2D eigenvalue weighted by atomic mass is 10.0. The van der Waals surface area contributed by atoms with Crippen LogP contribution in [0.25, 0.3) is 10.9 Å². The molecule has 1 aliphatic carbocycles. The zero-order valence-electron chi connectivity index (χ0n) is 16.3. The first-order valence-electron chi connectivity index (χ1n) is 10.0. The van der Waals surface area contributed by atoms with Crippen LogP contribution >= 0.6 is 24.8 Å². The van der Waals surface area contributed by atoms with Crippen molar-refractivity contribution in [1.82, 2.24) is 20.1 Å². The highest BCUT2D eigenvalue weighted by molar-refractivity contribution is 6.06. The van der Waals surface area contributed by atoms with E-state index in [1.807, 2.05) is 11.0 Å². The third-order valence-electron chi connectivity index (χ3n) is 6.14. The summed E-state index contributed by atoms with van der Waals surface area (Å²) in [7, 11) is 0. The smallest absolute Gasteiger partial charge is 0.254 e. The van der Waals surface area contributed by atoms with Gasteiger partial charge in [-0.25, -0.2) is 4.39 Å². The molecule has 2 saturated heterocycles. The quantitative estimate of drug-likeness (QED) is 0.795. The first kappa shape index (κ1) is 22.2. The van der Waals surface area contributed by atoms with Crippen molar-refractivity contribution in [3.05, 3.63) is 41.3 Å². The Hall–Kier alpha value is -1.47. The Morgan fingerprint density at radius 3 is 2.55 bits per heavy atom. The van der Waals surface area contributed by atoms with E-state index in [4.69, 9.17) is 0 Å². The molecule has 1 saturated carbocycles. The van der Waals surface area contributed by atoms with Gasteiger partial charge < -0.3 is 10.2 Å². The molecule has 3 heterocycles. The highest BCUT2D eigenvalue weighted by atomic mass is 35.5. The molecular formula is C21H27Cl2FN4O. The molecule has 0 spiro atoms. The van der Waals surface area contributed by atoms with Gasteiger partial charge in [0.05, 0.1) is 11.1 Å². The number of amides is 1. The fraction of sp³-hybridized carbons (Fsp3) is 0.524.